The fourth-order valence-electron chi connectivity index (χ4n) is 4.10. The number of nitrogens with one attached hydrogen (secondary N) is 2. The molecule has 3 aromatic rings. The van der Waals surface area contributed by atoms with Gasteiger partial charge in [-0.1, -0.05) is 36.4 Å². The van der Waals surface area contributed by atoms with E-state index in [1.54, 1.807) is 0 Å². The van der Waals surface area contributed by atoms with E-state index < -0.39 is 12.0 Å². The molecule has 2 heterocycles. The minimum absolute atomic E-state index is 0.164. The topological polar surface area (TPSA) is 77.7 Å². The van der Waals surface area contributed by atoms with E-state index in [0.29, 0.717) is 6.42 Å². The van der Waals surface area contributed by atoms with Gasteiger partial charge in [-0.15, -0.1) is 0 Å². The molecular weight excluding hydrogens is 392 g/mol. The van der Waals surface area contributed by atoms with Crippen LogP contribution >= 0.6 is 0 Å². The van der Waals surface area contributed by atoms with Crippen molar-refractivity contribution in [2.45, 2.75) is 12.5 Å². The number of amides is 1. The molecule has 7 nitrogen and oxygen atoms in total. The van der Waals surface area contributed by atoms with Crippen molar-refractivity contribution in [3.05, 3.63) is 66.4 Å². The number of benzene rings is 2. The molecule has 0 unspecified atom stereocenters. The van der Waals surface area contributed by atoms with Crippen molar-refractivity contribution in [3.8, 4) is 0 Å². The molecule has 0 bridgehead atoms. The van der Waals surface area contributed by atoms with Gasteiger partial charge in [-0.2, -0.15) is 0 Å². The molecule has 0 radical (unpaired) electrons. The molecule has 1 amide bonds. The number of aromatic nitrogens is 1. The molecule has 0 saturated carbocycles. The summed E-state index contributed by atoms with van der Waals surface area (Å²) in [7, 11) is 1.35. The van der Waals surface area contributed by atoms with Crippen LogP contribution in [0, 0.1) is 0 Å². The molecule has 4 rings (SSSR count). The number of carbonyl (C=O) groups excluding carboxylic acids is 2. The second-order valence-electron chi connectivity index (χ2n) is 7.81. The van der Waals surface area contributed by atoms with Crippen LogP contribution in [0.2, 0.25) is 0 Å². The maximum Gasteiger partial charge on any atom is 0.328 e. The standard InChI is InChI=1S/C24H28N4O3/c1-31-24(30)22(15-18-16-25-21-10-6-5-9-20(18)21)26-23(29)17-27-11-13-28(14-12-27)19-7-3-2-4-8-19/h2-10,16,22,25H,11-15,17H2,1H3,(H,26,29)/t22-/m1/s1. The van der Waals surface area contributed by atoms with Gasteiger partial charge < -0.3 is 19.9 Å². The number of nitrogens with zero attached hydrogens (tertiary/aromatic N) is 2. The summed E-state index contributed by atoms with van der Waals surface area (Å²) in [5, 5.41) is 3.92. The van der Waals surface area contributed by atoms with E-state index in [1.807, 2.05) is 48.7 Å². The smallest absolute Gasteiger partial charge is 0.328 e. The first-order valence-corrected chi connectivity index (χ1v) is 10.6. The minimum Gasteiger partial charge on any atom is -0.467 e. The Kier molecular flexibility index (Phi) is 6.52. The van der Waals surface area contributed by atoms with Gasteiger partial charge in [0, 0.05) is 55.4 Å². The zero-order valence-corrected chi connectivity index (χ0v) is 17.7. The first kappa shape index (κ1) is 20.9. The molecule has 31 heavy (non-hydrogen) atoms. The molecule has 7 heteroatoms. The Bertz CT molecular complexity index is 1030. The lowest BCUT2D eigenvalue weighted by molar-refractivity contribution is -0.145. The van der Waals surface area contributed by atoms with Gasteiger partial charge in [-0.05, 0) is 23.8 Å². The summed E-state index contributed by atoms with van der Waals surface area (Å²) in [5.74, 6) is -0.601. The summed E-state index contributed by atoms with van der Waals surface area (Å²) in [4.78, 5) is 32.7. The van der Waals surface area contributed by atoms with E-state index in [4.69, 9.17) is 4.74 Å². The average molecular weight is 421 g/mol. The van der Waals surface area contributed by atoms with Crippen molar-refractivity contribution in [3.63, 3.8) is 0 Å². The van der Waals surface area contributed by atoms with E-state index in [-0.39, 0.29) is 12.5 Å². The fourth-order valence-corrected chi connectivity index (χ4v) is 4.10. The highest BCUT2D eigenvalue weighted by molar-refractivity contribution is 5.87. The number of carbonyl (C=O) groups is 2. The van der Waals surface area contributed by atoms with Gasteiger partial charge in [-0.3, -0.25) is 9.69 Å². The van der Waals surface area contributed by atoms with Crippen molar-refractivity contribution < 1.29 is 14.3 Å². The zero-order valence-electron chi connectivity index (χ0n) is 17.7. The van der Waals surface area contributed by atoms with Gasteiger partial charge in [0.25, 0.3) is 0 Å². The summed E-state index contributed by atoms with van der Waals surface area (Å²) < 4.78 is 4.94. The van der Waals surface area contributed by atoms with Crippen molar-refractivity contribution >= 4 is 28.5 Å². The number of rotatable bonds is 7. The number of ether oxygens (including phenoxy) is 1. The van der Waals surface area contributed by atoms with Gasteiger partial charge >= 0.3 is 5.97 Å². The summed E-state index contributed by atoms with van der Waals surface area (Å²) in [5.41, 5.74) is 3.18. The Morgan fingerprint density at radius 3 is 2.48 bits per heavy atom. The predicted octanol–water partition coefficient (Wildman–Crippen LogP) is 2.19. The van der Waals surface area contributed by atoms with Crippen LogP contribution in [0.25, 0.3) is 10.9 Å². The molecule has 0 spiro atoms. The Hall–Kier alpha value is -3.32. The molecule has 1 fully saturated rings. The van der Waals surface area contributed by atoms with Crippen LogP contribution in [-0.2, 0) is 20.7 Å². The number of H-pyrrole nitrogens is 1. The van der Waals surface area contributed by atoms with Gasteiger partial charge in [0.1, 0.15) is 6.04 Å². The van der Waals surface area contributed by atoms with Crippen LogP contribution in [-0.4, -0.2) is 67.6 Å². The molecule has 162 valence electrons. The second kappa shape index (κ2) is 9.66. The van der Waals surface area contributed by atoms with Crippen molar-refractivity contribution in [2.24, 2.45) is 0 Å². The van der Waals surface area contributed by atoms with E-state index in [1.165, 1.54) is 12.8 Å². The number of esters is 1. The third-order valence-electron chi connectivity index (χ3n) is 5.78. The molecule has 1 aromatic heterocycles. The van der Waals surface area contributed by atoms with Crippen LogP contribution in [0.4, 0.5) is 5.69 Å². The number of hydrogen-bond donors (Lipinski definition) is 2. The van der Waals surface area contributed by atoms with Crippen LogP contribution in [0.15, 0.2) is 60.8 Å². The Balaban J connectivity index is 1.33. The minimum atomic E-state index is -0.720. The molecule has 1 saturated heterocycles. The zero-order chi connectivity index (χ0) is 21.6. The Morgan fingerprint density at radius 1 is 1.03 bits per heavy atom. The highest BCUT2D eigenvalue weighted by atomic mass is 16.5. The summed E-state index contributed by atoms with van der Waals surface area (Å²) in [6.07, 6.45) is 2.26. The number of para-hydroxylation sites is 2. The molecule has 2 N–H and O–H groups in total. The van der Waals surface area contributed by atoms with Crippen LogP contribution in [0.3, 0.4) is 0 Å². The fraction of sp³-hybridized carbons (Fsp3) is 0.333. The van der Waals surface area contributed by atoms with Crippen LogP contribution in [0.5, 0.6) is 0 Å². The van der Waals surface area contributed by atoms with Crippen molar-refractivity contribution in [1.29, 1.82) is 0 Å². The Morgan fingerprint density at radius 2 is 1.74 bits per heavy atom. The van der Waals surface area contributed by atoms with Gasteiger partial charge in [0.05, 0.1) is 13.7 Å². The number of aromatic amines is 1. The number of piperazine rings is 1. The highest BCUT2D eigenvalue weighted by Gasteiger charge is 2.25. The summed E-state index contributed by atoms with van der Waals surface area (Å²) in [6, 6.07) is 17.5. The first-order chi connectivity index (χ1) is 15.1. The number of hydrogen-bond acceptors (Lipinski definition) is 5. The van der Waals surface area contributed by atoms with Crippen LogP contribution < -0.4 is 10.2 Å². The largest absolute Gasteiger partial charge is 0.467 e. The van der Waals surface area contributed by atoms with E-state index in [2.05, 4.69) is 32.2 Å². The van der Waals surface area contributed by atoms with Gasteiger partial charge in [0.2, 0.25) is 5.91 Å². The number of fused-ring (bicyclic) bond motifs is 1. The lowest BCUT2D eigenvalue weighted by atomic mass is 10.0. The summed E-state index contributed by atoms with van der Waals surface area (Å²) >= 11 is 0. The average Bonchev–Trinajstić information content (AvgIpc) is 3.22. The highest BCUT2D eigenvalue weighted by Crippen LogP contribution is 2.19. The molecule has 2 aromatic carbocycles. The predicted molar refractivity (Wildman–Crippen MR) is 121 cm³/mol. The third kappa shape index (κ3) is 5.06. The normalized spacial score (nSPS) is 15.6. The lowest BCUT2D eigenvalue weighted by Gasteiger charge is -2.35. The molecule has 0 aliphatic carbocycles. The van der Waals surface area contributed by atoms with Crippen molar-refractivity contribution in [1.82, 2.24) is 15.2 Å². The van der Waals surface area contributed by atoms with Gasteiger partial charge in [0.15, 0.2) is 0 Å². The quantitative estimate of drug-likeness (QED) is 0.573. The van der Waals surface area contributed by atoms with Gasteiger partial charge in [-0.25, -0.2) is 4.79 Å². The number of anilines is 1. The first-order valence-electron chi connectivity index (χ1n) is 10.6. The van der Waals surface area contributed by atoms with E-state index in [9.17, 15) is 9.59 Å². The number of methoxy groups -OCH3 is 1. The van der Waals surface area contributed by atoms with E-state index >= 15 is 0 Å². The molecule has 1 aliphatic rings. The Labute approximate surface area is 182 Å². The molecule has 1 aliphatic heterocycles. The maximum absolute atomic E-state index is 12.7. The molecule has 1 atom stereocenters. The third-order valence-corrected chi connectivity index (χ3v) is 5.78. The SMILES string of the molecule is COC(=O)[C@@H](Cc1c[nH]c2ccccc12)NC(=O)CN1CCN(c2ccccc2)CC1. The van der Waals surface area contributed by atoms with E-state index in [0.717, 1.165) is 42.6 Å². The second-order valence-corrected chi connectivity index (χ2v) is 7.81. The monoisotopic (exact) mass is 420 g/mol. The van der Waals surface area contributed by atoms with Crippen molar-refractivity contribution in [2.75, 3.05) is 44.7 Å². The summed E-state index contributed by atoms with van der Waals surface area (Å²) in [6.45, 7) is 3.60. The maximum atomic E-state index is 12.7. The molecular formula is C24H28N4O3. The van der Waals surface area contributed by atoms with Crippen LogP contribution in [0.1, 0.15) is 5.56 Å². The lowest BCUT2D eigenvalue weighted by Crippen LogP contribution is -2.52.